The number of hydrogen-bond donors (Lipinski definition) is 1. The molecule has 1 N–H and O–H groups in total. The maximum atomic E-state index is 5.94. The normalized spacial score (nSPS) is 10.8. The minimum Gasteiger partial charge on any atom is -0.493 e. The van der Waals surface area contributed by atoms with Gasteiger partial charge in [0.1, 0.15) is 5.75 Å². The molecule has 0 amide bonds. The molecule has 3 nitrogen and oxygen atoms in total. The van der Waals surface area contributed by atoms with E-state index >= 15 is 0 Å². The molecule has 0 fully saturated rings. The molecule has 20 heavy (non-hydrogen) atoms. The van der Waals surface area contributed by atoms with E-state index < -0.39 is 0 Å². The van der Waals surface area contributed by atoms with Crippen molar-refractivity contribution in [1.82, 2.24) is 10.3 Å². The molecule has 0 aliphatic carbocycles. The predicted molar refractivity (Wildman–Crippen MR) is 85.2 cm³/mol. The van der Waals surface area contributed by atoms with Gasteiger partial charge in [-0.15, -0.1) is 0 Å². The fourth-order valence-corrected chi connectivity index (χ4v) is 2.15. The lowest BCUT2D eigenvalue weighted by Gasteiger charge is -2.12. The van der Waals surface area contributed by atoms with Crippen LogP contribution in [0.1, 0.15) is 63.6 Å². The van der Waals surface area contributed by atoms with Gasteiger partial charge in [0.15, 0.2) is 0 Å². The highest BCUT2D eigenvalue weighted by molar-refractivity contribution is 5.32. The van der Waals surface area contributed by atoms with Crippen molar-refractivity contribution in [3.05, 3.63) is 23.5 Å². The van der Waals surface area contributed by atoms with Crippen molar-refractivity contribution in [3.63, 3.8) is 0 Å². The third-order valence-electron chi connectivity index (χ3n) is 3.40. The second kappa shape index (κ2) is 10.7. The summed E-state index contributed by atoms with van der Waals surface area (Å²) in [6.45, 7) is 8.98. The summed E-state index contributed by atoms with van der Waals surface area (Å²) in [5.41, 5.74) is 2.17. The van der Waals surface area contributed by atoms with Gasteiger partial charge in [-0.05, 0) is 19.9 Å². The Hall–Kier alpha value is -1.09. The average molecular weight is 278 g/mol. The Morgan fingerprint density at radius 2 is 1.85 bits per heavy atom. The van der Waals surface area contributed by atoms with Gasteiger partial charge in [0.05, 0.1) is 6.61 Å². The van der Waals surface area contributed by atoms with Gasteiger partial charge in [-0.3, -0.25) is 4.98 Å². The van der Waals surface area contributed by atoms with Crippen LogP contribution < -0.4 is 10.1 Å². The molecule has 114 valence electrons. The zero-order chi connectivity index (χ0) is 14.6. The average Bonchev–Trinajstić information content (AvgIpc) is 2.45. The van der Waals surface area contributed by atoms with Gasteiger partial charge in [-0.1, -0.05) is 46.0 Å². The van der Waals surface area contributed by atoms with E-state index in [2.05, 4.69) is 24.1 Å². The fraction of sp³-hybridized carbons (Fsp3) is 0.706. The van der Waals surface area contributed by atoms with E-state index in [1.54, 1.807) is 0 Å². The number of rotatable bonds is 11. The van der Waals surface area contributed by atoms with Crippen molar-refractivity contribution in [1.29, 1.82) is 0 Å². The number of aryl methyl sites for hydroxylation is 1. The van der Waals surface area contributed by atoms with E-state index in [-0.39, 0.29) is 0 Å². The second-order valence-corrected chi connectivity index (χ2v) is 5.33. The Kier molecular flexibility index (Phi) is 9.05. The highest BCUT2D eigenvalue weighted by atomic mass is 16.5. The zero-order valence-corrected chi connectivity index (χ0v) is 13.4. The molecular formula is C17H30N2O. The predicted octanol–water partition coefficient (Wildman–Crippen LogP) is 4.24. The van der Waals surface area contributed by atoms with E-state index in [9.17, 15) is 0 Å². The van der Waals surface area contributed by atoms with Crippen molar-refractivity contribution in [2.45, 2.75) is 65.8 Å². The van der Waals surface area contributed by atoms with E-state index in [1.165, 1.54) is 32.1 Å². The third-order valence-corrected chi connectivity index (χ3v) is 3.40. The number of ether oxygens (including phenoxy) is 1. The summed E-state index contributed by atoms with van der Waals surface area (Å²) < 4.78 is 5.94. The number of nitrogens with one attached hydrogen (secondary N) is 1. The molecule has 0 bridgehead atoms. The molecule has 0 saturated heterocycles. The first-order valence-corrected chi connectivity index (χ1v) is 8.07. The molecule has 1 rings (SSSR count). The SMILES string of the molecule is CCCCCCCCOc1cc(C)ncc1CNCC. The molecule has 1 heterocycles. The van der Waals surface area contributed by atoms with Crippen molar-refractivity contribution >= 4 is 0 Å². The number of nitrogens with zero attached hydrogens (tertiary/aromatic N) is 1. The monoisotopic (exact) mass is 278 g/mol. The highest BCUT2D eigenvalue weighted by Gasteiger charge is 2.04. The summed E-state index contributed by atoms with van der Waals surface area (Å²) in [4.78, 5) is 4.35. The van der Waals surface area contributed by atoms with Crippen LogP contribution >= 0.6 is 0 Å². The summed E-state index contributed by atoms with van der Waals surface area (Å²) >= 11 is 0. The Bertz CT molecular complexity index is 366. The zero-order valence-electron chi connectivity index (χ0n) is 13.4. The molecule has 0 aromatic carbocycles. The molecule has 0 aliphatic heterocycles. The lowest BCUT2D eigenvalue weighted by atomic mass is 10.1. The van der Waals surface area contributed by atoms with Crippen LogP contribution in [0.5, 0.6) is 5.75 Å². The standard InChI is InChI=1S/C17H30N2O/c1-4-6-7-8-9-10-11-20-17-12-15(3)19-14-16(17)13-18-5-2/h12,14,18H,4-11,13H2,1-3H3. The summed E-state index contributed by atoms with van der Waals surface area (Å²) in [5, 5.41) is 3.33. The minimum absolute atomic E-state index is 0.814. The summed E-state index contributed by atoms with van der Waals surface area (Å²) in [6.07, 6.45) is 9.69. The second-order valence-electron chi connectivity index (χ2n) is 5.33. The first-order valence-electron chi connectivity index (χ1n) is 8.07. The number of hydrogen-bond acceptors (Lipinski definition) is 3. The van der Waals surface area contributed by atoms with Crippen LogP contribution in [0.4, 0.5) is 0 Å². The molecule has 0 unspecified atom stereocenters. The maximum Gasteiger partial charge on any atom is 0.127 e. The number of unbranched alkanes of at least 4 members (excludes halogenated alkanes) is 5. The van der Waals surface area contributed by atoms with Crippen LogP contribution in [0.3, 0.4) is 0 Å². The Balaban J connectivity index is 2.32. The van der Waals surface area contributed by atoms with Crippen LogP contribution in [-0.4, -0.2) is 18.1 Å². The Morgan fingerprint density at radius 3 is 2.60 bits per heavy atom. The quantitative estimate of drug-likeness (QED) is 0.615. The molecule has 0 aliphatic rings. The first-order chi connectivity index (χ1) is 9.77. The van der Waals surface area contributed by atoms with Crippen LogP contribution in [0.25, 0.3) is 0 Å². The molecule has 1 aromatic heterocycles. The van der Waals surface area contributed by atoms with Crippen molar-refractivity contribution in [2.75, 3.05) is 13.2 Å². The van der Waals surface area contributed by atoms with E-state index in [0.29, 0.717) is 0 Å². The molecule has 3 heteroatoms. The van der Waals surface area contributed by atoms with Crippen LogP contribution in [-0.2, 0) is 6.54 Å². The van der Waals surface area contributed by atoms with Crippen molar-refractivity contribution < 1.29 is 4.74 Å². The van der Waals surface area contributed by atoms with Gasteiger partial charge in [-0.2, -0.15) is 0 Å². The first kappa shape index (κ1) is 17.0. The summed E-state index contributed by atoms with van der Waals surface area (Å²) in [6, 6.07) is 2.05. The smallest absolute Gasteiger partial charge is 0.127 e. The van der Waals surface area contributed by atoms with E-state index in [4.69, 9.17) is 4.74 Å². The van der Waals surface area contributed by atoms with Crippen LogP contribution in [0.2, 0.25) is 0 Å². The van der Waals surface area contributed by atoms with Gasteiger partial charge in [0, 0.05) is 30.1 Å². The maximum absolute atomic E-state index is 5.94. The lowest BCUT2D eigenvalue weighted by Crippen LogP contribution is -2.13. The highest BCUT2D eigenvalue weighted by Crippen LogP contribution is 2.19. The summed E-state index contributed by atoms with van der Waals surface area (Å²) in [5.74, 6) is 0.993. The number of aromatic nitrogens is 1. The molecule has 0 atom stereocenters. The van der Waals surface area contributed by atoms with Gasteiger partial charge in [-0.25, -0.2) is 0 Å². The molecule has 0 radical (unpaired) electrons. The van der Waals surface area contributed by atoms with Crippen molar-refractivity contribution in [2.24, 2.45) is 0 Å². The van der Waals surface area contributed by atoms with Crippen LogP contribution in [0.15, 0.2) is 12.3 Å². The van der Waals surface area contributed by atoms with Gasteiger partial charge < -0.3 is 10.1 Å². The van der Waals surface area contributed by atoms with Gasteiger partial charge in [0.25, 0.3) is 0 Å². The molecule has 0 spiro atoms. The van der Waals surface area contributed by atoms with E-state index in [1.807, 2.05) is 19.2 Å². The van der Waals surface area contributed by atoms with Crippen molar-refractivity contribution in [3.8, 4) is 5.75 Å². The molecule has 0 saturated carbocycles. The summed E-state index contributed by atoms with van der Waals surface area (Å²) in [7, 11) is 0. The molecular weight excluding hydrogens is 248 g/mol. The van der Waals surface area contributed by atoms with E-state index in [0.717, 1.165) is 43.1 Å². The van der Waals surface area contributed by atoms with Gasteiger partial charge >= 0.3 is 0 Å². The van der Waals surface area contributed by atoms with Crippen LogP contribution in [0, 0.1) is 6.92 Å². The number of pyridine rings is 1. The van der Waals surface area contributed by atoms with Gasteiger partial charge in [0.2, 0.25) is 0 Å². The third kappa shape index (κ3) is 6.90. The Labute approximate surface area is 124 Å². The molecule has 1 aromatic rings. The lowest BCUT2D eigenvalue weighted by molar-refractivity contribution is 0.300. The minimum atomic E-state index is 0.814. The Morgan fingerprint density at radius 1 is 1.10 bits per heavy atom. The largest absolute Gasteiger partial charge is 0.493 e. The fourth-order valence-electron chi connectivity index (χ4n) is 2.15. The topological polar surface area (TPSA) is 34.1 Å².